The summed E-state index contributed by atoms with van der Waals surface area (Å²) in [7, 11) is 1.47. The van der Waals surface area contributed by atoms with Gasteiger partial charge in [-0.05, 0) is 17.7 Å². The van der Waals surface area contributed by atoms with Gasteiger partial charge in [0.2, 0.25) is 6.04 Å². The van der Waals surface area contributed by atoms with E-state index in [-0.39, 0.29) is 6.42 Å². The Bertz CT molecular complexity index is 541. The number of ether oxygens (including phenoxy) is 1. The Morgan fingerprint density at radius 1 is 1.23 bits per heavy atom. The molecule has 0 aliphatic carbocycles. The molecule has 0 amide bonds. The first-order chi connectivity index (χ1) is 10.3. The number of carboxylic acid groups (broad SMARTS) is 2. The molecule has 1 rings (SSSR count). The van der Waals surface area contributed by atoms with Gasteiger partial charge >= 0.3 is 11.9 Å². The van der Waals surface area contributed by atoms with Crippen molar-refractivity contribution in [1.29, 1.82) is 0 Å². The summed E-state index contributed by atoms with van der Waals surface area (Å²) in [5.41, 5.74) is 0.468. The molecular formula is C14H17NO7. The van der Waals surface area contributed by atoms with E-state index < -0.39 is 41.7 Å². The van der Waals surface area contributed by atoms with Crippen molar-refractivity contribution in [2.75, 3.05) is 7.11 Å². The van der Waals surface area contributed by atoms with Crippen LogP contribution in [0.3, 0.4) is 0 Å². The lowest BCUT2D eigenvalue weighted by Gasteiger charge is -2.19. The second-order valence-corrected chi connectivity index (χ2v) is 4.76. The third kappa shape index (κ3) is 5.04. The highest BCUT2D eigenvalue weighted by Crippen LogP contribution is 2.29. The van der Waals surface area contributed by atoms with Crippen LogP contribution in [0.5, 0.6) is 5.75 Å². The number of benzene rings is 1. The summed E-state index contributed by atoms with van der Waals surface area (Å²) in [6.45, 7) is 0. The zero-order valence-corrected chi connectivity index (χ0v) is 12.0. The Morgan fingerprint density at radius 2 is 1.82 bits per heavy atom. The third-order valence-corrected chi connectivity index (χ3v) is 3.33. The number of carboxylic acids is 2. The van der Waals surface area contributed by atoms with Gasteiger partial charge in [0, 0.05) is 11.3 Å². The van der Waals surface area contributed by atoms with Crippen LogP contribution < -0.4 is 4.74 Å². The molecule has 0 saturated carbocycles. The van der Waals surface area contributed by atoms with E-state index in [9.17, 15) is 19.7 Å². The first kappa shape index (κ1) is 17.4. The van der Waals surface area contributed by atoms with Crippen LogP contribution in [-0.4, -0.2) is 40.2 Å². The lowest BCUT2D eigenvalue weighted by molar-refractivity contribution is -0.527. The van der Waals surface area contributed by atoms with Crippen molar-refractivity contribution in [1.82, 2.24) is 0 Å². The van der Waals surface area contributed by atoms with E-state index in [4.69, 9.17) is 14.9 Å². The van der Waals surface area contributed by atoms with E-state index in [0.29, 0.717) is 11.3 Å². The molecule has 0 saturated heterocycles. The van der Waals surface area contributed by atoms with E-state index in [0.717, 1.165) is 0 Å². The van der Waals surface area contributed by atoms with Crippen LogP contribution in [0.15, 0.2) is 24.3 Å². The van der Waals surface area contributed by atoms with Gasteiger partial charge in [-0.1, -0.05) is 12.1 Å². The van der Waals surface area contributed by atoms with Crippen LogP contribution in [-0.2, 0) is 9.59 Å². The van der Waals surface area contributed by atoms with Crippen molar-refractivity contribution in [3.8, 4) is 5.75 Å². The minimum atomic E-state index is -1.28. The molecule has 22 heavy (non-hydrogen) atoms. The molecule has 0 aliphatic rings. The molecule has 120 valence electrons. The number of methoxy groups -OCH3 is 1. The highest BCUT2D eigenvalue weighted by Gasteiger charge is 2.34. The van der Waals surface area contributed by atoms with Crippen molar-refractivity contribution in [2.45, 2.75) is 31.2 Å². The molecule has 0 aromatic heterocycles. The fourth-order valence-corrected chi connectivity index (χ4v) is 2.24. The van der Waals surface area contributed by atoms with Crippen molar-refractivity contribution in [2.24, 2.45) is 0 Å². The summed E-state index contributed by atoms with van der Waals surface area (Å²) in [6, 6.07) is 5.00. The Morgan fingerprint density at radius 3 is 2.23 bits per heavy atom. The average Bonchev–Trinajstić information content (AvgIpc) is 2.45. The van der Waals surface area contributed by atoms with E-state index in [1.54, 1.807) is 24.3 Å². The smallest absolute Gasteiger partial charge is 0.304 e. The van der Waals surface area contributed by atoms with Crippen LogP contribution in [0.2, 0.25) is 0 Å². The molecule has 0 radical (unpaired) electrons. The number of hydrogen-bond acceptors (Lipinski definition) is 5. The minimum Gasteiger partial charge on any atom is -0.497 e. The second kappa shape index (κ2) is 7.96. The van der Waals surface area contributed by atoms with Crippen LogP contribution in [0.25, 0.3) is 0 Å². The SMILES string of the molecule is COc1ccc(C(CC(=O)O)C(CCC(=O)O)[N+](=O)[O-])cc1. The van der Waals surface area contributed by atoms with Crippen LogP contribution in [0.4, 0.5) is 0 Å². The van der Waals surface area contributed by atoms with E-state index >= 15 is 0 Å². The normalized spacial score (nSPS) is 13.1. The Kier molecular flexibility index (Phi) is 6.30. The maximum atomic E-state index is 11.2. The molecule has 1 aromatic carbocycles. The minimum absolute atomic E-state index is 0.230. The van der Waals surface area contributed by atoms with Gasteiger partial charge in [0.1, 0.15) is 5.75 Å². The topological polar surface area (TPSA) is 127 Å². The maximum absolute atomic E-state index is 11.2. The molecule has 2 N–H and O–H groups in total. The number of nitrogens with zero attached hydrogens (tertiary/aromatic N) is 1. The number of hydrogen-bond donors (Lipinski definition) is 2. The highest BCUT2D eigenvalue weighted by molar-refractivity contribution is 5.68. The van der Waals surface area contributed by atoms with Gasteiger partial charge < -0.3 is 14.9 Å². The van der Waals surface area contributed by atoms with Crippen LogP contribution in [0, 0.1) is 10.1 Å². The first-order valence-corrected chi connectivity index (χ1v) is 6.56. The Labute approximate surface area is 126 Å². The Balaban J connectivity index is 3.08. The van der Waals surface area contributed by atoms with Gasteiger partial charge in [-0.25, -0.2) is 0 Å². The zero-order chi connectivity index (χ0) is 16.7. The molecule has 2 atom stereocenters. The van der Waals surface area contributed by atoms with Gasteiger partial charge in [0.25, 0.3) is 0 Å². The second-order valence-electron chi connectivity index (χ2n) is 4.76. The van der Waals surface area contributed by atoms with Gasteiger partial charge in [-0.3, -0.25) is 19.7 Å². The van der Waals surface area contributed by atoms with Crippen LogP contribution in [0.1, 0.15) is 30.7 Å². The quantitative estimate of drug-likeness (QED) is 0.525. The average molecular weight is 311 g/mol. The molecular weight excluding hydrogens is 294 g/mol. The fraction of sp³-hybridized carbons (Fsp3) is 0.429. The third-order valence-electron chi connectivity index (χ3n) is 3.33. The summed E-state index contributed by atoms with van der Waals surface area (Å²) in [4.78, 5) is 32.3. The van der Waals surface area contributed by atoms with Gasteiger partial charge in [-0.15, -0.1) is 0 Å². The Hall–Kier alpha value is -2.64. The van der Waals surface area contributed by atoms with Crippen molar-refractivity contribution < 1.29 is 29.5 Å². The van der Waals surface area contributed by atoms with E-state index in [1.807, 2.05) is 0 Å². The number of aliphatic carboxylic acids is 2. The molecule has 1 aromatic rings. The largest absolute Gasteiger partial charge is 0.497 e. The van der Waals surface area contributed by atoms with E-state index in [2.05, 4.69) is 0 Å². The predicted molar refractivity (Wildman–Crippen MR) is 75.6 cm³/mol. The van der Waals surface area contributed by atoms with Gasteiger partial charge in [0.15, 0.2) is 0 Å². The summed E-state index contributed by atoms with van der Waals surface area (Å²) in [5.74, 6) is -2.70. The molecule has 0 aliphatic heterocycles. The number of nitro groups is 1. The molecule has 0 heterocycles. The summed E-state index contributed by atoms with van der Waals surface area (Å²) < 4.78 is 4.99. The van der Waals surface area contributed by atoms with Gasteiger partial charge in [0.05, 0.1) is 25.9 Å². The number of carbonyl (C=O) groups is 2. The monoisotopic (exact) mass is 311 g/mol. The number of rotatable bonds is 9. The first-order valence-electron chi connectivity index (χ1n) is 6.56. The van der Waals surface area contributed by atoms with Crippen molar-refractivity contribution in [3.05, 3.63) is 39.9 Å². The molecule has 2 unspecified atom stereocenters. The lowest BCUT2D eigenvalue weighted by atomic mass is 9.86. The van der Waals surface area contributed by atoms with Gasteiger partial charge in [-0.2, -0.15) is 0 Å². The predicted octanol–water partition coefficient (Wildman–Crippen LogP) is 1.76. The summed E-state index contributed by atoms with van der Waals surface area (Å²) in [6.07, 6.45) is -1.07. The fourth-order valence-electron chi connectivity index (χ4n) is 2.24. The van der Waals surface area contributed by atoms with Crippen LogP contribution >= 0.6 is 0 Å². The summed E-state index contributed by atoms with van der Waals surface area (Å²) >= 11 is 0. The highest BCUT2D eigenvalue weighted by atomic mass is 16.6. The molecule has 8 nitrogen and oxygen atoms in total. The molecule has 0 fully saturated rings. The van der Waals surface area contributed by atoms with Crippen molar-refractivity contribution >= 4 is 11.9 Å². The maximum Gasteiger partial charge on any atom is 0.304 e. The standard InChI is InChI=1S/C14H17NO7/c1-22-10-4-2-9(3-5-10)11(8-14(18)19)12(15(20)21)6-7-13(16)17/h2-5,11-12H,6-8H2,1H3,(H,16,17)(H,18,19). The molecule has 0 spiro atoms. The zero-order valence-electron chi connectivity index (χ0n) is 12.0. The molecule has 0 bridgehead atoms. The summed E-state index contributed by atoms with van der Waals surface area (Å²) in [5, 5.41) is 28.9. The molecule has 8 heteroatoms. The lowest BCUT2D eigenvalue weighted by Crippen LogP contribution is -2.30. The van der Waals surface area contributed by atoms with Crippen molar-refractivity contribution in [3.63, 3.8) is 0 Å². The van der Waals surface area contributed by atoms with E-state index in [1.165, 1.54) is 7.11 Å².